The molecule has 1 aromatic rings. The maximum absolute atomic E-state index is 5.12. The van der Waals surface area contributed by atoms with Crippen molar-refractivity contribution < 1.29 is 9.15 Å². The molecule has 0 bridgehead atoms. The molecule has 0 aliphatic heterocycles. The Morgan fingerprint density at radius 2 is 2.57 bits per heavy atom. The van der Waals surface area contributed by atoms with Gasteiger partial charge < -0.3 is 14.5 Å². The number of thioether (sulfide) groups is 1. The van der Waals surface area contributed by atoms with E-state index in [0.29, 0.717) is 17.9 Å². The lowest BCUT2D eigenvalue weighted by Gasteiger charge is -2.14. The number of nitrogens with zero attached hydrogens (tertiary/aromatic N) is 1. The highest BCUT2D eigenvalue weighted by molar-refractivity contribution is 7.99. The molecular formula is C9H16N2O2S. The van der Waals surface area contributed by atoms with Crippen LogP contribution in [0.1, 0.15) is 6.92 Å². The van der Waals surface area contributed by atoms with Gasteiger partial charge in [-0.3, -0.25) is 0 Å². The molecule has 0 fully saturated rings. The molecule has 1 N–H and O–H groups in total. The van der Waals surface area contributed by atoms with E-state index in [-0.39, 0.29) is 0 Å². The Kier molecular flexibility index (Phi) is 5.66. The molecule has 1 atom stereocenters. The SMILES string of the molecule is CCNC(COC)CSc1ncco1. The van der Waals surface area contributed by atoms with Crippen LogP contribution >= 0.6 is 11.8 Å². The lowest BCUT2D eigenvalue weighted by molar-refractivity contribution is 0.174. The predicted octanol–water partition coefficient (Wildman–Crippen LogP) is 1.39. The summed E-state index contributed by atoms with van der Waals surface area (Å²) in [6.45, 7) is 3.74. The fourth-order valence-electron chi connectivity index (χ4n) is 1.11. The summed E-state index contributed by atoms with van der Waals surface area (Å²) in [6, 6.07) is 0.349. The van der Waals surface area contributed by atoms with Crippen LogP contribution in [0.5, 0.6) is 0 Å². The number of hydrogen-bond acceptors (Lipinski definition) is 5. The molecule has 0 aliphatic rings. The largest absolute Gasteiger partial charge is 0.440 e. The Balaban J connectivity index is 2.25. The van der Waals surface area contributed by atoms with Crippen LogP contribution < -0.4 is 5.32 Å². The van der Waals surface area contributed by atoms with E-state index in [0.717, 1.165) is 12.3 Å². The molecule has 1 heterocycles. The van der Waals surface area contributed by atoms with Gasteiger partial charge in [0.25, 0.3) is 5.22 Å². The molecule has 1 aromatic heterocycles. The molecule has 5 heteroatoms. The average molecular weight is 216 g/mol. The number of rotatable bonds is 7. The first kappa shape index (κ1) is 11.6. The van der Waals surface area contributed by atoms with E-state index in [2.05, 4.69) is 17.2 Å². The third kappa shape index (κ3) is 4.13. The minimum absolute atomic E-state index is 0.349. The lowest BCUT2D eigenvalue weighted by atomic mass is 10.3. The quantitative estimate of drug-likeness (QED) is 0.698. The van der Waals surface area contributed by atoms with Gasteiger partial charge >= 0.3 is 0 Å². The first-order chi connectivity index (χ1) is 6.86. The second-order valence-electron chi connectivity index (χ2n) is 2.82. The summed E-state index contributed by atoms with van der Waals surface area (Å²) in [5, 5.41) is 4.04. The van der Waals surface area contributed by atoms with E-state index >= 15 is 0 Å². The zero-order valence-electron chi connectivity index (χ0n) is 8.53. The fraction of sp³-hybridized carbons (Fsp3) is 0.667. The van der Waals surface area contributed by atoms with Gasteiger partial charge in [-0.15, -0.1) is 0 Å². The highest BCUT2D eigenvalue weighted by Crippen LogP contribution is 2.15. The van der Waals surface area contributed by atoms with Crippen molar-refractivity contribution in [2.24, 2.45) is 0 Å². The van der Waals surface area contributed by atoms with Crippen molar-refractivity contribution in [2.75, 3.05) is 26.0 Å². The van der Waals surface area contributed by atoms with Crippen molar-refractivity contribution in [1.82, 2.24) is 10.3 Å². The van der Waals surface area contributed by atoms with Gasteiger partial charge in [0, 0.05) is 18.9 Å². The number of methoxy groups -OCH3 is 1. The summed E-state index contributed by atoms with van der Waals surface area (Å²) >= 11 is 1.59. The molecule has 4 nitrogen and oxygen atoms in total. The second-order valence-corrected chi connectivity index (χ2v) is 3.79. The molecule has 1 unspecified atom stereocenters. The molecule has 80 valence electrons. The Bertz CT molecular complexity index is 223. The Morgan fingerprint density at radius 3 is 3.14 bits per heavy atom. The summed E-state index contributed by atoms with van der Waals surface area (Å²) in [7, 11) is 1.71. The van der Waals surface area contributed by atoms with Crippen molar-refractivity contribution in [1.29, 1.82) is 0 Å². The van der Waals surface area contributed by atoms with Crippen LogP contribution in [0, 0.1) is 0 Å². The van der Waals surface area contributed by atoms with Gasteiger partial charge in [-0.05, 0) is 6.54 Å². The van der Waals surface area contributed by atoms with E-state index in [1.165, 1.54) is 0 Å². The van der Waals surface area contributed by atoms with Crippen molar-refractivity contribution in [3.8, 4) is 0 Å². The third-order valence-electron chi connectivity index (χ3n) is 1.68. The van der Waals surface area contributed by atoms with Crippen LogP contribution in [0.2, 0.25) is 0 Å². The second kappa shape index (κ2) is 6.86. The maximum Gasteiger partial charge on any atom is 0.255 e. The van der Waals surface area contributed by atoms with E-state index in [9.17, 15) is 0 Å². The smallest absolute Gasteiger partial charge is 0.255 e. The Morgan fingerprint density at radius 1 is 1.71 bits per heavy atom. The average Bonchev–Trinajstić information content (AvgIpc) is 2.67. The number of aromatic nitrogens is 1. The molecule has 0 saturated carbocycles. The van der Waals surface area contributed by atoms with Crippen molar-refractivity contribution in [3.63, 3.8) is 0 Å². The molecule has 0 amide bonds. The van der Waals surface area contributed by atoms with E-state index in [1.54, 1.807) is 31.3 Å². The van der Waals surface area contributed by atoms with Crippen LogP contribution in [0.15, 0.2) is 22.1 Å². The molecule has 0 aromatic carbocycles. The Hall–Kier alpha value is -0.520. The number of hydrogen-bond donors (Lipinski definition) is 1. The summed E-state index contributed by atoms with van der Waals surface area (Å²) in [6.07, 6.45) is 3.24. The lowest BCUT2D eigenvalue weighted by Crippen LogP contribution is -2.35. The number of likely N-dealkylation sites (N-methyl/N-ethyl adjacent to an activating group) is 1. The Labute approximate surface area is 88.4 Å². The van der Waals surface area contributed by atoms with Crippen molar-refractivity contribution >= 4 is 11.8 Å². The standard InChI is InChI=1S/C9H16N2O2S/c1-3-10-8(6-12-2)7-14-9-11-4-5-13-9/h4-5,8,10H,3,6-7H2,1-2H3. The van der Waals surface area contributed by atoms with Gasteiger partial charge in [0.1, 0.15) is 6.26 Å². The zero-order chi connectivity index (χ0) is 10.2. The zero-order valence-corrected chi connectivity index (χ0v) is 9.34. The maximum atomic E-state index is 5.12. The van der Waals surface area contributed by atoms with Crippen LogP contribution in [0.25, 0.3) is 0 Å². The summed E-state index contributed by atoms with van der Waals surface area (Å²) in [5.41, 5.74) is 0. The van der Waals surface area contributed by atoms with Gasteiger partial charge in [-0.2, -0.15) is 0 Å². The molecular weight excluding hydrogens is 200 g/mol. The first-order valence-corrected chi connectivity index (χ1v) is 5.60. The number of ether oxygens (including phenoxy) is 1. The van der Waals surface area contributed by atoms with Gasteiger partial charge in [0.2, 0.25) is 0 Å². The molecule has 0 aliphatic carbocycles. The van der Waals surface area contributed by atoms with Crippen LogP contribution in [0.4, 0.5) is 0 Å². The highest BCUT2D eigenvalue weighted by atomic mass is 32.2. The minimum Gasteiger partial charge on any atom is -0.440 e. The van der Waals surface area contributed by atoms with Gasteiger partial charge in [0.15, 0.2) is 0 Å². The highest BCUT2D eigenvalue weighted by Gasteiger charge is 2.08. The summed E-state index contributed by atoms with van der Waals surface area (Å²) < 4.78 is 10.2. The molecule has 14 heavy (non-hydrogen) atoms. The molecule has 0 saturated heterocycles. The third-order valence-corrected chi connectivity index (χ3v) is 2.70. The number of nitrogens with one attached hydrogen (secondary N) is 1. The van der Waals surface area contributed by atoms with Crippen LogP contribution in [0.3, 0.4) is 0 Å². The predicted molar refractivity (Wildman–Crippen MR) is 56.6 cm³/mol. The monoisotopic (exact) mass is 216 g/mol. The van der Waals surface area contributed by atoms with Crippen LogP contribution in [-0.2, 0) is 4.74 Å². The normalized spacial score (nSPS) is 13.0. The summed E-state index contributed by atoms with van der Waals surface area (Å²) in [5.74, 6) is 0.905. The van der Waals surface area contributed by atoms with Gasteiger partial charge in [0.05, 0.1) is 12.8 Å². The number of oxazole rings is 1. The van der Waals surface area contributed by atoms with Crippen molar-refractivity contribution in [3.05, 3.63) is 12.5 Å². The van der Waals surface area contributed by atoms with E-state index < -0.39 is 0 Å². The summed E-state index contributed by atoms with van der Waals surface area (Å²) in [4.78, 5) is 4.04. The van der Waals surface area contributed by atoms with E-state index in [1.807, 2.05) is 0 Å². The minimum atomic E-state index is 0.349. The van der Waals surface area contributed by atoms with Gasteiger partial charge in [-0.25, -0.2) is 4.98 Å². The topological polar surface area (TPSA) is 47.3 Å². The van der Waals surface area contributed by atoms with Gasteiger partial charge in [-0.1, -0.05) is 18.7 Å². The molecule has 0 spiro atoms. The fourth-order valence-corrected chi connectivity index (χ4v) is 1.93. The first-order valence-electron chi connectivity index (χ1n) is 4.61. The van der Waals surface area contributed by atoms with E-state index in [4.69, 9.17) is 9.15 Å². The van der Waals surface area contributed by atoms with Crippen LogP contribution in [-0.4, -0.2) is 37.0 Å². The molecule has 1 rings (SSSR count). The molecule has 0 radical (unpaired) electrons. The van der Waals surface area contributed by atoms with Crippen molar-refractivity contribution in [2.45, 2.75) is 18.2 Å².